The Labute approximate surface area is 690 Å². The number of aliphatic hydroxyl groups is 3. The Morgan fingerprint density at radius 3 is 1.00 bits per heavy atom. The van der Waals surface area contributed by atoms with Crippen LogP contribution in [-0.2, 0) is 19.6 Å². The van der Waals surface area contributed by atoms with E-state index in [0.717, 1.165) is 155 Å². The topological polar surface area (TPSA) is 308 Å². The number of halogens is 1. The van der Waals surface area contributed by atoms with Crippen molar-refractivity contribution in [1.82, 2.24) is 73.4 Å². The van der Waals surface area contributed by atoms with Gasteiger partial charge in [-0.15, -0.1) is 6.42 Å². The Hall–Kier alpha value is -12.8. The molecular weight excluding hydrogens is 1550 g/mol. The number of piperazine rings is 3. The van der Waals surface area contributed by atoms with Gasteiger partial charge in [-0.25, -0.2) is 43.5 Å². The molecule has 21 heterocycles. The van der Waals surface area contributed by atoms with Crippen LogP contribution in [0.2, 0.25) is 0 Å². The van der Waals surface area contributed by atoms with Crippen LogP contribution in [0.5, 0.6) is 17.6 Å². The molecular formula is C90H82BrN21O6. The molecule has 118 heavy (non-hydrogen) atoms. The number of aromatic nitrogens is 12. The summed E-state index contributed by atoms with van der Waals surface area (Å²) < 4.78 is 21.5. The van der Waals surface area contributed by atoms with E-state index in [1.165, 1.54) is 36.0 Å². The van der Waals surface area contributed by atoms with Gasteiger partial charge in [0.2, 0.25) is 17.6 Å². The smallest absolute Gasteiger partial charge is 0.212 e. The molecule has 6 bridgehead atoms. The SMILES string of the molecule is C#CC1(O)CC1.COc1ccc(CN2C3CC2CN(c2ccc(-c4cc(Br)cn5ncc(C#N)c45)cn2)C3)cn1.COc1ccc(CN2C3CC2CN(c2ccc(-c4cc(C#CC5(O)CC5)cn5ncc(C#N)c45)cn2)C3)cn1.COc1ccc(CN2C3CC2CN(c2ccc(-c4cc(C#CC5(O)CC5)cn5ncc(C#N)c45)cn2)C3)cn1. The predicted octanol–water partition coefficient (Wildman–Crippen LogP) is 10.1. The second kappa shape index (κ2) is 31.6. The van der Waals surface area contributed by atoms with Crippen LogP contribution < -0.4 is 28.9 Å². The van der Waals surface area contributed by atoms with E-state index in [0.29, 0.717) is 96.3 Å². The van der Waals surface area contributed by atoms with E-state index in [2.05, 4.69) is 178 Å². The minimum absolute atomic E-state index is 0.494. The van der Waals surface area contributed by atoms with Crippen molar-refractivity contribution in [1.29, 1.82) is 15.8 Å². The van der Waals surface area contributed by atoms with E-state index in [1.807, 2.05) is 79.8 Å². The Morgan fingerprint density at radius 1 is 0.415 bits per heavy atom. The summed E-state index contributed by atoms with van der Waals surface area (Å²) in [5, 5.41) is 70.9. The third-order valence-corrected chi connectivity index (χ3v) is 24.2. The number of terminal acetylenes is 1. The summed E-state index contributed by atoms with van der Waals surface area (Å²) in [6, 6.07) is 40.1. The number of methoxy groups -OCH3 is 3. The number of anilines is 3. The van der Waals surface area contributed by atoms with Crippen molar-refractivity contribution < 1.29 is 29.5 Å². The Bertz CT molecular complexity index is 5830. The van der Waals surface area contributed by atoms with Crippen molar-refractivity contribution in [3.8, 4) is 105 Å². The monoisotopic (exact) mass is 1630 g/mol. The molecule has 12 aromatic heterocycles. The lowest BCUT2D eigenvalue weighted by molar-refractivity contribution is -0.00879. The van der Waals surface area contributed by atoms with Crippen LogP contribution in [0.25, 0.3) is 49.9 Å². The van der Waals surface area contributed by atoms with Crippen LogP contribution in [0.3, 0.4) is 0 Å². The molecule has 3 N–H and O–H groups in total. The highest BCUT2D eigenvalue weighted by Gasteiger charge is 2.48. The molecule has 0 spiro atoms. The van der Waals surface area contributed by atoms with Crippen molar-refractivity contribution in [3.05, 3.63) is 214 Å². The van der Waals surface area contributed by atoms with E-state index < -0.39 is 16.8 Å². The molecule has 27 nitrogen and oxygen atoms in total. The highest BCUT2D eigenvalue weighted by molar-refractivity contribution is 9.10. The van der Waals surface area contributed by atoms with Crippen molar-refractivity contribution >= 4 is 49.9 Å². The summed E-state index contributed by atoms with van der Waals surface area (Å²) in [5.74, 6) is 19.2. The lowest BCUT2D eigenvalue weighted by atomic mass is 9.87. The number of rotatable bonds is 15. The van der Waals surface area contributed by atoms with Gasteiger partial charge >= 0.3 is 0 Å². The number of nitrogens with zero attached hydrogens (tertiary/aromatic N) is 21. The van der Waals surface area contributed by atoms with Gasteiger partial charge in [0.25, 0.3) is 0 Å². The molecule has 9 aliphatic heterocycles. The first-order valence-corrected chi connectivity index (χ1v) is 40.2. The Balaban J connectivity index is 0.000000118. The molecule has 0 radical (unpaired) electrons. The van der Waals surface area contributed by atoms with Gasteiger partial charge in [0, 0.05) is 218 Å². The largest absolute Gasteiger partial charge is 0.481 e. The molecule has 6 atom stereocenters. The van der Waals surface area contributed by atoms with Crippen molar-refractivity contribution in [3.63, 3.8) is 0 Å². The number of nitriles is 3. The van der Waals surface area contributed by atoms with Crippen molar-refractivity contribution in [2.45, 2.75) is 130 Å². The lowest BCUT2D eigenvalue weighted by Crippen LogP contribution is -2.68. The summed E-state index contributed by atoms with van der Waals surface area (Å²) in [6.45, 7) is 8.38. The molecule has 9 saturated heterocycles. The van der Waals surface area contributed by atoms with Crippen molar-refractivity contribution in [2.24, 2.45) is 0 Å². The number of hydrogen-bond donors (Lipinski definition) is 3. The van der Waals surface area contributed by atoms with Gasteiger partial charge in [0.15, 0.2) is 0 Å². The molecule has 12 fully saturated rings. The molecule has 3 aliphatic carbocycles. The van der Waals surface area contributed by atoms with Gasteiger partial charge in [-0.2, -0.15) is 31.1 Å². The Kier molecular flexibility index (Phi) is 20.5. The zero-order valence-electron chi connectivity index (χ0n) is 65.2. The summed E-state index contributed by atoms with van der Waals surface area (Å²) in [7, 11) is 4.90. The standard InChI is InChI=1S/2C30H27N7O2.C25H22BrN7O.C5H6O/c2*1-39-28-5-2-21(13-33-28)16-36-24-11-25(36)19-35(18-24)27-4-3-22(14-32-27)26-10-20(6-7-30(38)8-9-30)17-37-29(26)23(12-31)15-34-37;1-34-24-5-2-16(9-29-24)12-32-20-7-21(32)15-31(14-20)23-4-3-17(10-28-23)22-6-19(26)13-33-25(22)18(8-27)11-30-33;1-2-5(6)3-4-5/h2*2-5,10,13-15,17,24-25,38H,8-9,11,16,18-19H2,1H3;2-6,9-11,13,20-21H,7,12,14-15H2,1H3;1,6H,3-4H2. The number of hydrogen-bond acceptors (Lipinski definition) is 24. The highest BCUT2D eigenvalue weighted by atomic mass is 79.9. The first-order chi connectivity index (χ1) is 57.4. The summed E-state index contributed by atoms with van der Waals surface area (Å²) in [5.41, 5.74) is 11.8. The van der Waals surface area contributed by atoms with E-state index in [9.17, 15) is 26.0 Å². The quantitative estimate of drug-likeness (QED) is 0.0804. The lowest BCUT2D eigenvalue weighted by Gasteiger charge is -2.56. The predicted molar refractivity (Wildman–Crippen MR) is 444 cm³/mol. The number of pyridine rings is 9. The fraction of sp³-hybridized carbons (Fsp3) is 0.333. The highest BCUT2D eigenvalue weighted by Crippen LogP contribution is 2.42. The van der Waals surface area contributed by atoms with E-state index >= 15 is 0 Å². The van der Waals surface area contributed by atoms with Crippen molar-refractivity contribution in [2.75, 3.05) is 75.3 Å². The van der Waals surface area contributed by atoms with Crippen LogP contribution in [0, 0.1) is 70.0 Å². The van der Waals surface area contributed by atoms with E-state index in [-0.39, 0.29) is 0 Å². The molecule has 3 saturated carbocycles. The summed E-state index contributed by atoms with van der Waals surface area (Å²) >= 11 is 3.55. The van der Waals surface area contributed by atoms with E-state index in [1.54, 1.807) is 65.9 Å². The average molecular weight is 1630 g/mol. The van der Waals surface area contributed by atoms with Crippen LogP contribution in [-0.4, -0.2) is 202 Å². The van der Waals surface area contributed by atoms with Gasteiger partial charge in [-0.3, -0.25) is 14.7 Å². The molecule has 28 heteroatoms. The van der Waals surface area contributed by atoms with Crippen LogP contribution in [0.4, 0.5) is 17.5 Å². The van der Waals surface area contributed by atoms with Crippen LogP contribution >= 0.6 is 15.9 Å². The van der Waals surface area contributed by atoms with E-state index in [4.69, 9.17) is 40.7 Å². The van der Waals surface area contributed by atoms with Gasteiger partial charge in [-0.05, 0) is 145 Å². The number of fused-ring (bicyclic) bond motifs is 9. The van der Waals surface area contributed by atoms with Crippen LogP contribution in [0.15, 0.2) is 170 Å². The first-order valence-electron chi connectivity index (χ1n) is 39.4. The zero-order valence-corrected chi connectivity index (χ0v) is 66.8. The fourth-order valence-electron chi connectivity index (χ4n) is 16.6. The molecule has 24 rings (SSSR count). The molecule has 0 amide bonds. The maximum atomic E-state index is 10.2. The summed E-state index contributed by atoms with van der Waals surface area (Å²) in [4.78, 5) is 42.2. The Morgan fingerprint density at radius 2 is 0.737 bits per heavy atom. The third kappa shape index (κ3) is 15.9. The van der Waals surface area contributed by atoms with Gasteiger partial charge < -0.3 is 44.2 Å². The second-order valence-electron chi connectivity index (χ2n) is 31.7. The molecule has 0 aromatic carbocycles. The number of piperidine rings is 3. The zero-order chi connectivity index (χ0) is 81.0. The normalized spacial score (nSPS) is 20.8. The van der Waals surface area contributed by atoms with Gasteiger partial charge in [-0.1, -0.05) is 47.8 Å². The molecule has 590 valence electrons. The average Bonchev–Trinajstić information content (AvgIpc) is 1.26. The third-order valence-electron chi connectivity index (χ3n) is 23.8. The minimum atomic E-state index is -0.865. The maximum Gasteiger partial charge on any atom is 0.212 e. The summed E-state index contributed by atoms with van der Waals surface area (Å²) in [6.07, 6.45) is 34.4. The van der Waals surface area contributed by atoms with Gasteiger partial charge in [0.1, 0.15) is 52.5 Å². The number of ether oxygens (including phenoxy) is 3. The van der Waals surface area contributed by atoms with Crippen LogP contribution in [0.1, 0.15) is 102 Å². The molecule has 12 aromatic rings. The molecule has 6 unspecified atom stereocenters. The minimum Gasteiger partial charge on any atom is -0.481 e. The second-order valence-corrected chi connectivity index (χ2v) is 32.6. The van der Waals surface area contributed by atoms with Gasteiger partial charge in [0.05, 0.1) is 73.2 Å². The molecule has 12 aliphatic rings. The fourth-order valence-corrected chi connectivity index (χ4v) is 17.0. The first kappa shape index (κ1) is 76.5. The maximum absolute atomic E-state index is 10.2.